The van der Waals surface area contributed by atoms with Gasteiger partial charge in [-0.3, -0.25) is 4.79 Å². The van der Waals surface area contributed by atoms with Crippen LogP contribution in [0, 0.1) is 0 Å². The van der Waals surface area contributed by atoms with Crippen LogP contribution >= 0.6 is 11.8 Å². The van der Waals surface area contributed by atoms with Crippen molar-refractivity contribution >= 4 is 38.4 Å². The number of ether oxygens (including phenoxy) is 2. The summed E-state index contributed by atoms with van der Waals surface area (Å²) >= 11 is 1.35. The standard InChI is InChI=1S/C20H20N2O5S2/c1-26-16-9-8-13(10-17(16)27-2)19(23)21-20-22(14-6-4-3-5-7-14)15-11-29(24,25)12-18(15)28-20/h3-10,15,18H,11-12H2,1-2H3/t15-,18+/m0/s1. The number of carbonyl (C=O) groups is 1. The van der Waals surface area contributed by atoms with Gasteiger partial charge in [0, 0.05) is 16.5 Å². The highest BCUT2D eigenvalue weighted by atomic mass is 32.2. The monoisotopic (exact) mass is 432 g/mol. The molecule has 152 valence electrons. The van der Waals surface area contributed by atoms with Crippen molar-refractivity contribution in [1.82, 2.24) is 0 Å². The van der Waals surface area contributed by atoms with Gasteiger partial charge in [0.15, 0.2) is 26.5 Å². The van der Waals surface area contributed by atoms with E-state index in [4.69, 9.17) is 9.47 Å². The second-order valence-corrected chi connectivity index (χ2v) is 10.1. The predicted octanol–water partition coefficient (Wildman–Crippen LogP) is 2.62. The number of anilines is 1. The molecule has 2 saturated heterocycles. The van der Waals surface area contributed by atoms with Crippen molar-refractivity contribution < 1.29 is 22.7 Å². The fourth-order valence-corrected chi connectivity index (χ4v) is 7.49. The Kier molecular flexibility index (Phi) is 5.26. The average Bonchev–Trinajstić information content (AvgIpc) is 3.18. The molecule has 0 aliphatic carbocycles. The summed E-state index contributed by atoms with van der Waals surface area (Å²) in [6.07, 6.45) is 0. The summed E-state index contributed by atoms with van der Waals surface area (Å²) in [5.41, 5.74) is 1.19. The van der Waals surface area contributed by atoms with Crippen molar-refractivity contribution in [3.05, 3.63) is 54.1 Å². The summed E-state index contributed by atoms with van der Waals surface area (Å²) in [6, 6.07) is 14.1. The van der Waals surface area contributed by atoms with Crippen molar-refractivity contribution in [3.63, 3.8) is 0 Å². The zero-order valence-corrected chi connectivity index (χ0v) is 17.6. The number of aliphatic imine (C=N–C) groups is 1. The molecule has 2 aromatic carbocycles. The van der Waals surface area contributed by atoms with Gasteiger partial charge in [-0.2, -0.15) is 4.99 Å². The van der Waals surface area contributed by atoms with Gasteiger partial charge in [-0.1, -0.05) is 30.0 Å². The maximum Gasteiger partial charge on any atom is 0.279 e. The minimum Gasteiger partial charge on any atom is -0.493 e. The van der Waals surface area contributed by atoms with Crippen molar-refractivity contribution in [3.8, 4) is 11.5 Å². The second kappa shape index (κ2) is 7.72. The van der Waals surface area contributed by atoms with Crippen LogP contribution in [0.2, 0.25) is 0 Å². The molecule has 0 N–H and O–H groups in total. The third kappa shape index (κ3) is 3.84. The first-order chi connectivity index (χ1) is 13.9. The summed E-state index contributed by atoms with van der Waals surface area (Å²) in [7, 11) is -0.0694. The van der Waals surface area contributed by atoms with Gasteiger partial charge >= 0.3 is 0 Å². The molecule has 0 unspecified atom stereocenters. The number of benzene rings is 2. The van der Waals surface area contributed by atoms with E-state index in [-0.39, 0.29) is 22.8 Å². The molecule has 0 saturated carbocycles. The lowest BCUT2D eigenvalue weighted by Crippen LogP contribution is -2.37. The van der Waals surface area contributed by atoms with Crippen LogP contribution in [0.4, 0.5) is 5.69 Å². The first-order valence-corrected chi connectivity index (χ1v) is 11.7. The fraction of sp³-hybridized carbons (Fsp3) is 0.300. The molecule has 29 heavy (non-hydrogen) atoms. The molecule has 4 rings (SSSR count). The number of sulfone groups is 1. The van der Waals surface area contributed by atoms with Crippen LogP contribution in [0.5, 0.6) is 11.5 Å². The smallest absolute Gasteiger partial charge is 0.279 e. The van der Waals surface area contributed by atoms with Crippen LogP contribution in [-0.2, 0) is 9.84 Å². The van der Waals surface area contributed by atoms with Crippen molar-refractivity contribution in [2.45, 2.75) is 11.3 Å². The number of amides is 1. The first kappa shape index (κ1) is 19.8. The molecule has 9 heteroatoms. The number of methoxy groups -OCH3 is 2. The number of hydrogen-bond acceptors (Lipinski definition) is 6. The minimum absolute atomic E-state index is 0.0587. The topological polar surface area (TPSA) is 85.3 Å². The summed E-state index contributed by atoms with van der Waals surface area (Å²) < 4.78 is 34.7. The van der Waals surface area contributed by atoms with Gasteiger partial charge in [-0.25, -0.2) is 8.42 Å². The number of thioether (sulfide) groups is 1. The van der Waals surface area contributed by atoms with E-state index in [9.17, 15) is 13.2 Å². The Balaban J connectivity index is 1.69. The molecular weight excluding hydrogens is 412 g/mol. The zero-order valence-electron chi connectivity index (χ0n) is 15.9. The van der Waals surface area contributed by atoms with Gasteiger partial charge < -0.3 is 14.4 Å². The predicted molar refractivity (Wildman–Crippen MR) is 114 cm³/mol. The number of fused-ring (bicyclic) bond motifs is 1. The summed E-state index contributed by atoms with van der Waals surface area (Å²) in [5.74, 6) is 0.702. The third-order valence-electron chi connectivity index (χ3n) is 4.93. The van der Waals surface area contributed by atoms with Crippen LogP contribution < -0.4 is 14.4 Å². The fourth-order valence-electron chi connectivity index (χ4n) is 3.58. The van der Waals surface area contributed by atoms with E-state index < -0.39 is 15.7 Å². The van der Waals surface area contributed by atoms with Crippen LogP contribution in [0.25, 0.3) is 0 Å². The highest BCUT2D eigenvalue weighted by Crippen LogP contribution is 2.41. The Morgan fingerprint density at radius 2 is 1.79 bits per heavy atom. The average molecular weight is 433 g/mol. The maximum atomic E-state index is 12.9. The molecule has 0 bridgehead atoms. The van der Waals surface area contributed by atoms with Crippen molar-refractivity contribution in [1.29, 1.82) is 0 Å². The second-order valence-electron chi connectivity index (χ2n) is 6.78. The normalized spacial score (nSPS) is 23.8. The quantitative estimate of drug-likeness (QED) is 0.734. The molecule has 2 aromatic rings. The number of rotatable bonds is 4. The van der Waals surface area contributed by atoms with Gasteiger partial charge in [0.25, 0.3) is 5.91 Å². The number of amidine groups is 1. The Morgan fingerprint density at radius 1 is 1.07 bits per heavy atom. The molecule has 2 fully saturated rings. The van der Waals surface area contributed by atoms with E-state index in [1.54, 1.807) is 18.2 Å². The molecule has 0 radical (unpaired) electrons. The van der Waals surface area contributed by atoms with E-state index in [1.165, 1.54) is 26.0 Å². The first-order valence-electron chi connectivity index (χ1n) is 8.98. The highest BCUT2D eigenvalue weighted by Gasteiger charge is 2.49. The van der Waals surface area contributed by atoms with Crippen LogP contribution in [0.1, 0.15) is 10.4 Å². The molecule has 0 spiro atoms. The molecule has 2 heterocycles. The van der Waals surface area contributed by atoms with E-state index in [2.05, 4.69) is 4.99 Å². The Labute approximate surface area is 173 Å². The van der Waals surface area contributed by atoms with E-state index in [1.807, 2.05) is 35.2 Å². The highest BCUT2D eigenvalue weighted by molar-refractivity contribution is 8.16. The summed E-state index contributed by atoms with van der Waals surface area (Å²) in [5, 5.41) is 0.373. The van der Waals surface area contributed by atoms with Crippen molar-refractivity contribution in [2.75, 3.05) is 30.6 Å². The molecule has 2 atom stereocenters. The molecule has 2 aliphatic rings. The Bertz CT molecular complexity index is 1070. The molecule has 0 aromatic heterocycles. The van der Waals surface area contributed by atoms with Crippen LogP contribution in [-0.4, -0.2) is 56.5 Å². The number of nitrogens with zero attached hydrogens (tertiary/aromatic N) is 2. The molecular formula is C20H20N2O5S2. The number of hydrogen-bond donors (Lipinski definition) is 0. The van der Waals surface area contributed by atoms with E-state index in [0.717, 1.165) is 5.69 Å². The number of carbonyl (C=O) groups excluding carboxylic acids is 1. The lowest BCUT2D eigenvalue weighted by molar-refractivity contribution is 0.100. The van der Waals surface area contributed by atoms with Gasteiger partial charge in [0.1, 0.15) is 0 Å². The summed E-state index contributed by atoms with van der Waals surface area (Å²) in [4.78, 5) is 19.1. The van der Waals surface area contributed by atoms with Gasteiger partial charge in [0.05, 0.1) is 31.8 Å². The number of para-hydroxylation sites is 1. The van der Waals surface area contributed by atoms with Crippen LogP contribution in [0.15, 0.2) is 53.5 Å². The minimum atomic E-state index is -3.10. The third-order valence-corrected chi connectivity index (χ3v) is 8.14. The maximum absolute atomic E-state index is 12.9. The SMILES string of the molecule is COc1ccc(C(=O)N=C2S[C@@H]3CS(=O)(=O)C[C@@H]3N2c2ccccc2)cc1OC. The lowest BCUT2D eigenvalue weighted by atomic mass is 10.2. The van der Waals surface area contributed by atoms with Gasteiger partial charge in [-0.15, -0.1) is 0 Å². The Morgan fingerprint density at radius 3 is 2.48 bits per heavy atom. The molecule has 7 nitrogen and oxygen atoms in total. The largest absolute Gasteiger partial charge is 0.493 e. The zero-order chi connectivity index (χ0) is 20.6. The Hall–Kier alpha value is -2.52. The van der Waals surface area contributed by atoms with Crippen molar-refractivity contribution in [2.24, 2.45) is 4.99 Å². The van der Waals surface area contributed by atoms with Gasteiger partial charge in [0.2, 0.25) is 0 Å². The lowest BCUT2D eigenvalue weighted by Gasteiger charge is -2.24. The molecule has 1 amide bonds. The summed E-state index contributed by atoms with van der Waals surface area (Å²) in [6.45, 7) is 0. The molecule has 2 aliphatic heterocycles. The van der Waals surface area contributed by atoms with Crippen LogP contribution in [0.3, 0.4) is 0 Å². The van der Waals surface area contributed by atoms with E-state index >= 15 is 0 Å². The van der Waals surface area contributed by atoms with E-state index in [0.29, 0.717) is 22.2 Å². The van der Waals surface area contributed by atoms with Gasteiger partial charge in [-0.05, 0) is 30.3 Å².